The summed E-state index contributed by atoms with van der Waals surface area (Å²) in [6, 6.07) is 10.9. The molecule has 2 heterocycles. The van der Waals surface area contributed by atoms with E-state index in [0.29, 0.717) is 18.0 Å². The minimum absolute atomic E-state index is 0.0473. The molecule has 27 heavy (non-hydrogen) atoms. The van der Waals surface area contributed by atoms with Gasteiger partial charge in [0.15, 0.2) is 0 Å². The Labute approximate surface area is 159 Å². The van der Waals surface area contributed by atoms with E-state index >= 15 is 0 Å². The Kier molecular flexibility index (Phi) is 5.74. The maximum atomic E-state index is 12.8. The third-order valence-corrected chi connectivity index (χ3v) is 4.66. The van der Waals surface area contributed by atoms with Crippen molar-refractivity contribution in [1.82, 2.24) is 10.3 Å². The Morgan fingerprint density at radius 2 is 2.04 bits per heavy atom. The SMILES string of the molecule is Cc1cccnc1C(NC(=O)CN1C(=O)CCOc2ccccc21)C(C)C. The fraction of sp³-hybridized carbons (Fsp3) is 0.381. The van der Waals surface area contributed by atoms with Gasteiger partial charge in [0, 0.05) is 6.20 Å². The first-order chi connectivity index (χ1) is 13.0. The number of ether oxygens (including phenoxy) is 1. The number of aryl methyl sites for hydroxylation is 1. The van der Waals surface area contributed by atoms with Gasteiger partial charge in [-0.2, -0.15) is 0 Å². The highest BCUT2D eigenvalue weighted by Crippen LogP contribution is 2.31. The van der Waals surface area contributed by atoms with Crippen LogP contribution >= 0.6 is 0 Å². The van der Waals surface area contributed by atoms with Gasteiger partial charge < -0.3 is 10.1 Å². The van der Waals surface area contributed by atoms with Crippen molar-refractivity contribution in [3.05, 3.63) is 53.9 Å². The van der Waals surface area contributed by atoms with Gasteiger partial charge in [-0.25, -0.2) is 0 Å². The molecule has 142 valence electrons. The molecule has 0 radical (unpaired) electrons. The normalized spacial score (nSPS) is 15.0. The number of carbonyl (C=O) groups is 2. The van der Waals surface area contributed by atoms with E-state index < -0.39 is 0 Å². The van der Waals surface area contributed by atoms with Gasteiger partial charge >= 0.3 is 0 Å². The Bertz CT molecular complexity index is 835. The molecule has 0 saturated carbocycles. The number of aromatic nitrogens is 1. The molecule has 1 aliphatic rings. The van der Waals surface area contributed by atoms with Crippen LogP contribution in [0.1, 0.15) is 37.6 Å². The first-order valence-electron chi connectivity index (χ1n) is 9.20. The third kappa shape index (κ3) is 4.27. The van der Waals surface area contributed by atoms with E-state index in [1.54, 1.807) is 12.3 Å². The Morgan fingerprint density at radius 3 is 2.78 bits per heavy atom. The van der Waals surface area contributed by atoms with E-state index in [-0.39, 0.29) is 36.7 Å². The highest BCUT2D eigenvalue weighted by Gasteiger charge is 2.27. The van der Waals surface area contributed by atoms with Gasteiger partial charge in [0.25, 0.3) is 0 Å². The predicted octanol–water partition coefficient (Wildman–Crippen LogP) is 3.02. The largest absolute Gasteiger partial charge is 0.491 e. The second kappa shape index (κ2) is 8.20. The zero-order valence-electron chi connectivity index (χ0n) is 15.9. The molecule has 2 amide bonds. The van der Waals surface area contributed by atoms with Crippen LogP contribution in [-0.2, 0) is 9.59 Å². The predicted molar refractivity (Wildman–Crippen MR) is 104 cm³/mol. The number of pyridine rings is 1. The third-order valence-electron chi connectivity index (χ3n) is 4.66. The summed E-state index contributed by atoms with van der Waals surface area (Å²) in [5, 5.41) is 3.06. The van der Waals surface area contributed by atoms with Gasteiger partial charge in [-0.3, -0.25) is 19.5 Å². The molecule has 1 atom stereocenters. The highest BCUT2D eigenvalue weighted by atomic mass is 16.5. The van der Waals surface area contributed by atoms with Crippen LogP contribution in [0, 0.1) is 12.8 Å². The number of benzene rings is 1. The molecule has 1 unspecified atom stereocenters. The number of anilines is 1. The molecule has 1 aromatic carbocycles. The van der Waals surface area contributed by atoms with Crippen molar-refractivity contribution in [1.29, 1.82) is 0 Å². The average Bonchev–Trinajstić information content (AvgIpc) is 2.80. The number of nitrogens with zero attached hydrogens (tertiary/aromatic N) is 2. The highest BCUT2D eigenvalue weighted by molar-refractivity contribution is 6.00. The van der Waals surface area contributed by atoms with E-state index in [0.717, 1.165) is 11.3 Å². The molecule has 0 spiro atoms. The van der Waals surface area contributed by atoms with E-state index in [1.807, 2.05) is 51.1 Å². The van der Waals surface area contributed by atoms with Crippen molar-refractivity contribution in [2.75, 3.05) is 18.1 Å². The van der Waals surface area contributed by atoms with E-state index in [4.69, 9.17) is 4.74 Å². The van der Waals surface area contributed by atoms with Crippen LogP contribution in [0.25, 0.3) is 0 Å². The number of fused-ring (bicyclic) bond motifs is 1. The summed E-state index contributed by atoms with van der Waals surface area (Å²) in [6.45, 7) is 6.33. The minimum Gasteiger partial charge on any atom is -0.491 e. The van der Waals surface area contributed by atoms with Crippen molar-refractivity contribution < 1.29 is 14.3 Å². The smallest absolute Gasteiger partial charge is 0.240 e. The van der Waals surface area contributed by atoms with Crippen LogP contribution in [-0.4, -0.2) is 29.9 Å². The molecule has 1 aliphatic heterocycles. The Morgan fingerprint density at radius 1 is 1.26 bits per heavy atom. The maximum absolute atomic E-state index is 12.8. The first kappa shape index (κ1) is 18.9. The molecule has 6 heteroatoms. The van der Waals surface area contributed by atoms with Crippen molar-refractivity contribution >= 4 is 17.5 Å². The molecule has 1 N–H and O–H groups in total. The summed E-state index contributed by atoms with van der Waals surface area (Å²) in [5.41, 5.74) is 2.51. The quantitative estimate of drug-likeness (QED) is 0.882. The summed E-state index contributed by atoms with van der Waals surface area (Å²) in [7, 11) is 0. The number of hydrogen-bond donors (Lipinski definition) is 1. The molecule has 0 saturated heterocycles. The number of nitrogens with one attached hydrogen (secondary N) is 1. The zero-order chi connectivity index (χ0) is 19.4. The first-order valence-corrected chi connectivity index (χ1v) is 9.20. The van der Waals surface area contributed by atoms with Gasteiger partial charge in [0.05, 0.1) is 30.5 Å². The number of carbonyl (C=O) groups excluding carboxylic acids is 2. The lowest BCUT2D eigenvalue weighted by Gasteiger charge is -2.26. The van der Waals surface area contributed by atoms with Gasteiger partial charge in [-0.15, -0.1) is 0 Å². The van der Waals surface area contributed by atoms with Crippen LogP contribution in [0.2, 0.25) is 0 Å². The topological polar surface area (TPSA) is 71.5 Å². The molecule has 6 nitrogen and oxygen atoms in total. The lowest BCUT2D eigenvalue weighted by Crippen LogP contribution is -2.43. The minimum atomic E-state index is -0.219. The molecular weight excluding hydrogens is 342 g/mol. The van der Waals surface area contributed by atoms with Crippen LogP contribution in [0.3, 0.4) is 0 Å². The Balaban J connectivity index is 1.80. The van der Waals surface area contributed by atoms with Gasteiger partial charge in [0.2, 0.25) is 11.8 Å². The molecular formula is C21H25N3O3. The number of amides is 2. The van der Waals surface area contributed by atoms with Gasteiger partial charge in [0.1, 0.15) is 12.3 Å². The molecule has 3 rings (SSSR count). The second-order valence-corrected chi connectivity index (χ2v) is 7.04. The molecule has 0 fully saturated rings. The van der Waals surface area contributed by atoms with Crippen molar-refractivity contribution in [2.24, 2.45) is 5.92 Å². The molecule has 2 aromatic rings. The summed E-state index contributed by atoms with van der Waals surface area (Å²) >= 11 is 0. The second-order valence-electron chi connectivity index (χ2n) is 7.04. The molecule has 0 bridgehead atoms. The number of rotatable bonds is 5. The van der Waals surface area contributed by atoms with Crippen LogP contribution in [0.15, 0.2) is 42.6 Å². The van der Waals surface area contributed by atoms with E-state index in [9.17, 15) is 9.59 Å². The lowest BCUT2D eigenvalue weighted by molar-refractivity contribution is -0.124. The summed E-state index contributed by atoms with van der Waals surface area (Å²) < 4.78 is 5.63. The van der Waals surface area contributed by atoms with E-state index in [1.165, 1.54) is 4.90 Å². The standard InChI is InChI=1S/C21H25N3O3/c1-14(2)20(21-15(3)7-6-11-22-21)23-18(25)13-24-16-8-4-5-9-17(16)27-12-10-19(24)26/h4-9,11,14,20H,10,12-13H2,1-3H3,(H,23,25). The fourth-order valence-electron chi connectivity index (χ4n) is 3.23. The number of hydrogen-bond acceptors (Lipinski definition) is 4. The zero-order valence-corrected chi connectivity index (χ0v) is 15.9. The van der Waals surface area contributed by atoms with E-state index in [2.05, 4.69) is 10.3 Å². The maximum Gasteiger partial charge on any atom is 0.240 e. The van der Waals surface area contributed by atoms with Crippen molar-refractivity contribution in [3.63, 3.8) is 0 Å². The van der Waals surface area contributed by atoms with Gasteiger partial charge in [-0.1, -0.05) is 32.0 Å². The van der Waals surface area contributed by atoms with Crippen LogP contribution < -0.4 is 15.0 Å². The monoisotopic (exact) mass is 367 g/mol. The average molecular weight is 367 g/mol. The summed E-state index contributed by atoms with van der Waals surface area (Å²) in [4.78, 5) is 31.3. The summed E-state index contributed by atoms with van der Waals surface area (Å²) in [6.07, 6.45) is 1.98. The van der Waals surface area contributed by atoms with Crippen LogP contribution in [0.5, 0.6) is 5.75 Å². The summed E-state index contributed by atoms with van der Waals surface area (Å²) in [5.74, 6) is 0.448. The lowest BCUT2D eigenvalue weighted by atomic mass is 9.97. The molecule has 1 aromatic heterocycles. The van der Waals surface area contributed by atoms with Crippen molar-refractivity contribution in [2.45, 2.75) is 33.2 Å². The fourth-order valence-corrected chi connectivity index (χ4v) is 3.23. The van der Waals surface area contributed by atoms with Crippen LogP contribution in [0.4, 0.5) is 5.69 Å². The van der Waals surface area contributed by atoms with Crippen molar-refractivity contribution in [3.8, 4) is 5.75 Å². The number of para-hydroxylation sites is 2. The van der Waals surface area contributed by atoms with Gasteiger partial charge in [-0.05, 0) is 36.6 Å². The Hall–Kier alpha value is -2.89. The molecule has 0 aliphatic carbocycles.